The second-order valence-corrected chi connectivity index (χ2v) is 8.11. The number of anilines is 3. The third-order valence-electron chi connectivity index (χ3n) is 4.75. The summed E-state index contributed by atoms with van der Waals surface area (Å²) >= 11 is 1.25. The molecule has 0 saturated carbocycles. The van der Waals surface area contributed by atoms with Crippen molar-refractivity contribution in [3.05, 3.63) is 35.1 Å². The van der Waals surface area contributed by atoms with Gasteiger partial charge in [-0.25, -0.2) is 14.2 Å². The molecule has 2 heterocycles. The monoisotopic (exact) mass is 477 g/mol. The van der Waals surface area contributed by atoms with E-state index in [0.29, 0.717) is 16.5 Å². The van der Waals surface area contributed by atoms with Crippen LogP contribution in [0.2, 0.25) is 0 Å². The van der Waals surface area contributed by atoms with Crippen molar-refractivity contribution >= 4 is 52.1 Å². The fraction of sp³-hybridized carbons (Fsp3) is 0.350. The molecule has 176 valence electrons. The number of benzene rings is 1. The van der Waals surface area contributed by atoms with Crippen molar-refractivity contribution in [3.63, 3.8) is 0 Å². The Kier molecular flexibility index (Phi) is 7.77. The maximum atomic E-state index is 14.8. The predicted octanol–water partition coefficient (Wildman–Crippen LogP) is 1.10. The number of ether oxygens (including phenoxy) is 1. The van der Waals surface area contributed by atoms with Crippen LogP contribution in [-0.4, -0.2) is 61.5 Å². The quantitative estimate of drug-likeness (QED) is 0.295. The molecule has 1 fully saturated rings. The van der Waals surface area contributed by atoms with Gasteiger partial charge in [-0.3, -0.25) is 19.9 Å². The van der Waals surface area contributed by atoms with Crippen molar-refractivity contribution in [3.8, 4) is 0 Å². The summed E-state index contributed by atoms with van der Waals surface area (Å²) in [5.74, 6) is -1.14. The Labute approximate surface area is 193 Å². The summed E-state index contributed by atoms with van der Waals surface area (Å²) in [4.78, 5) is 41.8. The van der Waals surface area contributed by atoms with Crippen molar-refractivity contribution < 1.29 is 23.5 Å². The van der Waals surface area contributed by atoms with Crippen LogP contribution in [0.3, 0.4) is 0 Å². The number of nitrogen functional groups attached to an aromatic ring is 1. The molecular formula is C20H24FN7O4S. The van der Waals surface area contributed by atoms with Gasteiger partial charge in [-0.2, -0.15) is 0 Å². The summed E-state index contributed by atoms with van der Waals surface area (Å²) in [7, 11) is 0. The first-order valence-corrected chi connectivity index (χ1v) is 10.9. The summed E-state index contributed by atoms with van der Waals surface area (Å²) in [6.45, 7) is 2.04. The number of hydrogen-bond acceptors (Lipinski definition) is 8. The minimum atomic E-state index is -0.640. The molecule has 1 aromatic heterocycles. The lowest BCUT2D eigenvalue weighted by molar-refractivity contribution is -0.120. The van der Waals surface area contributed by atoms with Crippen molar-refractivity contribution in [2.24, 2.45) is 0 Å². The molecule has 0 aliphatic carbocycles. The number of nitrogens with one attached hydrogen (secondary N) is 3. The Hall–Kier alpha value is -3.74. The Bertz CT molecular complexity index is 1050. The van der Waals surface area contributed by atoms with Crippen LogP contribution in [0.5, 0.6) is 0 Å². The summed E-state index contributed by atoms with van der Waals surface area (Å²) in [5, 5.41) is 15.0. The summed E-state index contributed by atoms with van der Waals surface area (Å²) < 4.78 is 20.0. The first-order chi connectivity index (χ1) is 15.8. The van der Waals surface area contributed by atoms with Crippen LogP contribution in [0.1, 0.15) is 12.6 Å². The number of hydrogen-bond donors (Lipinski definition) is 4. The van der Waals surface area contributed by atoms with Gasteiger partial charge in [-0.15, -0.1) is 11.3 Å². The first kappa shape index (κ1) is 23.9. The summed E-state index contributed by atoms with van der Waals surface area (Å²) in [5.41, 5.74) is 6.54. The van der Waals surface area contributed by atoms with Crippen molar-refractivity contribution in [2.75, 3.05) is 41.7 Å². The first-order valence-electron chi connectivity index (χ1n) is 10.0. The van der Waals surface area contributed by atoms with Crippen LogP contribution >= 0.6 is 11.3 Å². The van der Waals surface area contributed by atoms with E-state index in [9.17, 15) is 18.8 Å². The standard InChI is InChI=1S/C20H24FN7O4S/c1-12(29)25-8-15-9-28(20(31)32-15)14-2-3-17(16(21)7-14)27(11-22)5-4-24-18(30)6-13-10-33-19(23)26-13/h2-3,7,10-11,15,22H,4-6,8-9H2,1H3,(H2,23,26)(H,24,30)(H,25,29). The molecular weight excluding hydrogens is 453 g/mol. The molecule has 1 aliphatic rings. The van der Waals surface area contributed by atoms with Crippen molar-refractivity contribution in [2.45, 2.75) is 19.4 Å². The van der Waals surface area contributed by atoms with Crippen LogP contribution in [-0.2, 0) is 20.7 Å². The Morgan fingerprint density at radius 2 is 2.24 bits per heavy atom. The highest BCUT2D eigenvalue weighted by Crippen LogP contribution is 2.27. The van der Waals surface area contributed by atoms with Gasteiger partial charge in [-0.1, -0.05) is 0 Å². The maximum Gasteiger partial charge on any atom is 0.414 e. The van der Waals surface area contributed by atoms with Crippen LogP contribution in [0.15, 0.2) is 23.6 Å². The topological polar surface area (TPSA) is 154 Å². The second-order valence-electron chi connectivity index (χ2n) is 7.22. The van der Waals surface area contributed by atoms with E-state index in [0.717, 1.165) is 6.34 Å². The zero-order chi connectivity index (χ0) is 24.0. The predicted molar refractivity (Wildman–Crippen MR) is 122 cm³/mol. The average molecular weight is 478 g/mol. The Morgan fingerprint density at radius 3 is 2.88 bits per heavy atom. The number of carbonyl (C=O) groups excluding carboxylic acids is 3. The number of rotatable bonds is 10. The highest BCUT2D eigenvalue weighted by Gasteiger charge is 2.32. The molecule has 1 aliphatic heterocycles. The Balaban J connectivity index is 1.56. The van der Waals surface area contributed by atoms with Crippen LogP contribution < -0.4 is 26.2 Å². The maximum absolute atomic E-state index is 14.8. The van der Waals surface area contributed by atoms with E-state index in [1.165, 1.54) is 40.2 Å². The van der Waals surface area contributed by atoms with Crippen molar-refractivity contribution in [1.82, 2.24) is 15.6 Å². The average Bonchev–Trinajstić information content (AvgIpc) is 3.34. The highest BCUT2D eigenvalue weighted by molar-refractivity contribution is 7.13. The van der Waals surface area contributed by atoms with E-state index in [1.54, 1.807) is 11.4 Å². The van der Waals surface area contributed by atoms with Gasteiger partial charge < -0.3 is 26.0 Å². The van der Waals surface area contributed by atoms with Gasteiger partial charge in [-0.05, 0) is 18.2 Å². The summed E-state index contributed by atoms with van der Waals surface area (Å²) in [6.07, 6.45) is -0.132. The number of amides is 3. The SMILES string of the molecule is CC(=O)NCC1CN(c2ccc(N(C=N)CCNC(=O)Cc3csc(N)n3)c(F)c2)C(=O)O1. The molecule has 5 N–H and O–H groups in total. The molecule has 3 amide bonds. The van der Waals surface area contributed by atoms with E-state index in [2.05, 4.69) is 15.6 Å². The molecule has 0 spiro atoms. The fourth-order valence-electron chi connectivity index (χ4n) is 3.19. The second kappa shape index (κ2) is 10.7. The van der Waals surface area contributed by atoms with Gasteiger partial charge in [0.1, 0.15) is 11.9 Å². The normalized spacial score (nSPS) is 15.2. The van der Waals surface area contributed by atoms with Crippen LogP contribution in [0.25, 0.3) is 0 Å². The summed E-state index contributed by atoms with van der Waals surface area (Å²) in [6, 6.07) is 4.17. The molecule has 1 aromatic carbocycles. The number of halogens is 1. The molecule has 1 unspecified atom stereocenters. The molecule has 13 heteroatoms. The largest absolute Gasteiger partial charge is 0.442 e. The Morgan fingerprint density at radius 1 is 1.45 bits per heavy atom. The zero-order valence-electron chi connectivity index (χ0n) is 17.8. The van der Waals surface area contributed by atoms with E-state index in [-0.39, 0.29) is 50.1 Å². The van der Waals surface area contributed by atoms with Gasteiger partial charge in [0.25, 0.3) is 0 Å². The minimum absolute atomic E-state index is 0.0796. The van der Waals surface area contributed by atoms with E-state index in [1.807, 2.05) is 0 Å². The molecule has 1 atom stereocenters. The minimum Gasteiger partial charge on any atom is -0.442 e. The molecule has 0 radical (unpaired) electrons. The zero-order valence-corrected chi connectivity index (χ0v) is 18.7. The smallest absolute Gasteiger partial charge is 0.414 e. The molecule has 3 rings (SSSR count). The van der Waals surface area contributed by atoms with E-state index >= 15 is 0 Å². The third kappa shape index (κ3) is 6.38. The molecule has 2 aromatic rings. The number of cyclic esters (lactones) is 1. The van der Waals surface area contributed by atoms with Crippen LogP contribution in [0.4, 0.5) is 25.7 Å². The molecule has 11 nitrogen and oxygen atoms in total. The van der Waals surface area contributed by atoms with E-state index < -0.39 is 18.0 Å². The lowest BCUT2D eigenvalue weighted by atomic mass is 10.2. The number of aromatic nitrogens is 1. The number of carbonyl (C=O) groups is 3. The molecule has 0 bridgehead atoms. The lowest BCUT2D eigenvalue weighted by Crippen LogP contribution is -2.35. The van der Waals surface area contributed by atoms with Gasteiger partial charge >= 0.3 is 6.09 Å². The molecule has 1 saturated heterocycles. The lowest BCUT2D eigenvalue weighted by Gasteiger charge is -2.21. The van der Waals surface area contributed by atoms with Gasteiger partial charge in [0.15, 0.2) is 5.13 Å². The van der Waals surface area contributed by atoms with Crippen LogP contribution in [0, 0.1) is 11.2 Å². The van der Waals surface area contributed by atoms with Gasteiger partial charge in [0.2, 0.25) is 11.8 Å². The van der Waals surface area contributed by atoms with E-state index in [4.69, 9.17) is 15.9 Å². The number of thiazole rings is 1. The third-order valence-corrected chi connectivity index (χ3v) is 5.47. The van der Waals surface area contributed by atoms with Crippen molar-refractivity contribution in [1.29, 1.82) is 5.41 Å². The van der Waals surface area contributed by atoms with Gasteiger partial charge in [0, 0.05) is 25.4 Å². The number of nitrogens with two attached hydrogens (primary N) is 1. The highest BCUT2D eigenvalue weighted by atomic mass is 32.1. The van der Waals surface area contributed by atoms with Gasteiger partial charge in [0.05, 0.1) is 42.9 Å². The molecule has 33 heavy (non-hydrogen) atoms. The fourth-order valence-corrected chi connectivity index (χ4v) is 3.76. The number of nitrogens with zero attached hydrogens (tertiary/aromatic N) is 3.